The van der Waals surface area contributed by atoms with Gasteiger partial charge in [-0.25, -0.2) is 9.67 Å². The molecule has 0 bridgehead atoms. The molecule has 1 N–H and O–H groups in total. The molecule has 0 atom stereocenters. The first kappa shape index (κ1) is 20.4. The number of carbonyl (C=O) groups excluding carboxylic acids is 1. The predicted molar refractivity (Wildman–Crippen MR) is 125 cm³/mol. The standard InChI is InChI=1S/C24H23N5O2S/c30-24(25-17-18-8-10-19(11-9-18)28-12-14-31-15-13-28)22-26-23(21-7-4-16-32-21)29(27-22)20-5-2-1-3-6-20/h1-11,16H,12-15,17H2,(H,25,30). The number of nitrogens with one attached hydrogen (secondary N) is 1. The van der Waals surface area contributed by atoms with Crippen molar-refractivity contribution >= 4 is 22.9 Å². The summed E-state index contributed by atoms with van der Waals surface area (Å²) in [7, 11) is 0. The summed E-state index contributed by atoms with van der Waals surface area (Å²) in [6.07, 6.45) is 0. The molecule has 2 aromatic heterocycles. The number of anilines is 1. The highest BCUT2D eigenvalue weighted by molar-refractivity contribution is 7.13. The first-order chi connectivity index (χ1) is 15.8. The molecule has 7 nitrogen and oxygen atoms in total. The SMILES string of the molecule is O=C(NCc1ccc(N2CCOCC2)cc1)c1nc(-c2cccs2)n(-c2ccccc2)n1. The molecule has 3 heterocycles. The Hall–Kier alpha value is -3.49. The fraction of sp³-hybridized carbons (Fsp3) is 0.208. The molecule has 1 fully saturated rings. The Bertz CT molecular complexity index is 1170. The Morgan fingerprint density at radius 1 is 0.969 bits per heavy atom. The number of rotatable bonds is 6. The van der Waals surface area contributed by atoms with Crippen molar-refractivity contribution in [1.82, 2.24) is 20.1 Å². The van der Waals surface area contributed by atoms with Gasteiger partial charge in [-0.15, -0.1) is 16.4 Å². The first-order valence-corrected chi connectivity index (χ1v) is 11.4. The van der Waals surface area contributed by atoms with Gasteiger partial charge in [0.1, 0.15) is 0 Å². The van der Waals surface area contributed by atoms with Gasteiger partial charge in [0, 0.05) is 25.3 Å². The minimum Gasteiger partial charge on any atom is -0.378 e. The van der Waals surface area contributed by atoms with Crippen molar-refractivity contribution < 1.29 is 9.53 Å². The second-order valence-electron chi connectivity index (χ2n) is 7.43. The van der Waals surface area contributed by atoms with Crippen LogP contribution in [0, 0.1) is 0 Å². The zero-order valence-electron chi connectivity index (χ0n) is 17.5. The molecule has 1 saturated heterocycles. The molecule has 0 unspecified atom stereocenters. The summed E-state index contributed by atoms with van der Waals surface area (Å²) in [5, 5.41) is 9.44. The molecule has 4 aromatic rings. The van der Waals surface area contributed by atoms with Crippen LogP contribution in [0.15, 0.2) is 72.1 Å². The van der Waals surface area contributed by atoms with E-state index in [1.54, 1.807) is 16.0 Å². The van der Waals surface area contributed by atoms with Crippen LogP contribution in [-0.4, -0.2) is 47.0 Å². The highest BCUT2D eigenvalue weighted by Gasteiger charge is 2.19. The third-order valence-electron chi connectivity index (χ3n) is 5.32. The van der Waals surface area contributed by atoms with Crippen LogP contribution in [0.4, 0.5) is 5.69 Å². The molecule has 0 aliphatic carbocycles. The van der Waals surface area contributed by atoms with E-state index in [1.807, 2.05) is 60.0 Å². The van der Waals surface area contributed by atoms with Gasteiger partial charge in [-0.3, -0.25) is 4.79 Å². The van der Waals surface area contributed by atoms with E-state index in [1.165, 1.54) is 5.69 Å². The molecule has 0 saturated carbocycles. The average Bonchev–Trinajstić information content (AvgIpc) is 3.54. The summed E-state index contributed by atoms with van der Waals surface area (Å²) in [5.41, 5.74) is 3.06. The van der Waals surface area contributed by atoms with Crippen molar-refractivity contribution in [2.24, 2.45) is 0 Å². The molecule has 1 aliphatic rings. The van der Waals surface area contributed by atoms with E-state index >= 15 is 0 Å². The number of amides is 1. The van der Waals surface area contributed by atoms with Gasteiger partial charge in [-0.05, 0) is 41.3 Å². The normalized spacial score (nSPS) is 13.8. The fourth-order valence-electron chi connectivity index (χ4n) is 3.63. The lowest BCUT2D eigenvalue weighted by molar-refractivity contribution is 0.0940. The van der Waals surface area contributed by atoms with E-state index in [0.717, 1.165) is 42.4 Å². The van der Waals surface area contributed by atoms with Gasteiger partial charge >= 0.3 is 0 Å². The molecular weight excluding hydrogens is 422 g/mol. The predicted octanol–water partition coefficient (Wildman–Crippen LogP) is 3.76. The third-order valence-corrected chi connectivity index (χ3v) is 6.18. The lowest BCUT2D eigenvalue weighted by atomic mass is 10.2. The Morgan fingerprint density at radius 2 is 1.75 bits per heavy atom. The number of para-hydroxylation sites is 1. The molecule has 1 aliphatic heterocycles. The number of hydrogen-bond acceptors (Lipinski definition) is 6. The van der Waals surface area contributed by atoms with Gasteiger partial charge in [-0.1, -0.05) is 36.4 Å². The number of aromatic nitrogens is 3. The summed E-state index contributed by atoms with van der Waals surface area (Å²) in [5.74, 6) is 0.517. The zero-order chi connectivity index (χ0) is 21.8. The number of ether oxygens (including phenoxy) is 1. The van der Waals surface area contributed by atoms with Crippen molar-refractivity contribution in [3.05, 3.63) is 83.5 Å². The molecular formula is C24H23N5O2S. The highest BCUT2D eigenvalue weighted by Crippen LogP contribution is 2.25. The quantitative estimate of drug-likeness (QED) is 0.489. The van der Waals surface area contributed by atoms with Crippen LogP contribution in [-0.2, 0) is 11.3 Å². The summed E-state index contributed by atoms with van der Waals surface area (Å²) in [4.78, 5) is 20.6. The molecule has 162 valence electrons. The van der Waals surface area contributed by atoms with Gasteiger partial charge in [0.15, 0.2) is 5.82 Å². The van der Waals surface area contributed by atoms with E-state index < -0.39 is 0 Å². The van der Waals surface area contributed by atoms with Gasteiger partial charge < -0.3 is 15.0 Å². The largest absolute Gasteiger partial charge is 0.378 e. The maximum absolute atomic E-state index is 12.8. The van der Waals surface area contributed by atoms with Crippen LogP contribution in [0.2, 0.25) is 0 Å². The van der Waals surface area contributed by atoms with Crippen molar-refractivity contribution in [2.75, 3.05) is 31.2 Å². The lowest BCUT2D eigenvalue weighted by Gasteiger charge is -2.28. The Balaban J connectivity index is 1.30. The van der Waals surface area contributed by atoms with Crippen LogP contribution in [0.25, 0.3) is 16.4 Å². The Morgan fingerprint density at radius 3 is 2.47 bits per heavy atom. The lowest BCUT2D eigenvalue weighted by Crippen LogP contribution is -2.36. The molecule has 32 heavy (non-hydrogen) atoms. The summed E-state index contributed by atoms with van der Waals surface area (Å²) < 4.78 is 7.13. The number of hydrogen-bond donors (Lipinski definition) is 1. The van der Waals surface area contributed by atoms with Crippen molar-refractivity contribution in [3.8, 4) is 16.4 Å². The smallest absolute Gasteiger partial charge is 0.291 e. The summed E-state index contributed by atoms with van der Waals surface area (Å²) in [6.45, 7) is 3.73. The first-order valence-electron chi connectivity index (χ1n) is 10.5. The summed E-state index contributed by atoms with van der Waals surface area (Å²) in [6, 6.07) is 21.9. The van der Waals surface area contributed by atoms with E-state index in [4.69, 9.17) is 4.74 Å². The monoisotopic (exact) mass is 445 g/mol. The minimum atomic E-state index is -0.297. The summed E-state index contributed by atoms with van der Waals surface area (Å²) >= 11 is 1.57. The molecule has 5 rings (SSSR count). The topological polar surface area (TPSA) is 72.3 Å². The molecule has 2 aromatic carbocycles. The number of benzene rings is 2. The van der Waals surface area contributed by atoms with E-state index in [-0.39, 0.29) is 11.7 Å². The fourth-order valence-corrected chi connectivity index (χ4v) is 4.33. The second kappa shape index (κ2) is 9.33. The number of nitrogens with zero attached hydrogens (tertiary/aromatic N) is 4. The van der Waals surface area contributed by atoms with E-state index in [2.05, 4.69) is 32.4 Å². The second-order valence-corrected chi connectivity index (χ2v) is 8.38. The van der Waals surface area contributed by atoms with Gasteiger partial charge in [-0.2, -0.15) is 0 Å². The maximum Gasteiger partial charge on any atom is 0.291 e. The van der Waals surface area contributed by atoms with E-state index in [9.17, 15) is 4.79 Å². The van der Waals surface area contributed by atoms with Crippen LogP contribution in [0.3, 0.4) is 0 Å². The van der Waals surface area contributed by atoms with Crippen LogP contribution >= 0.6 is 11.3 Å². The third kappa shape index (κ3) is 4.42. The van der Waals surface area contributed by atoms with Crippen LogP contribution in [0.5, 0.6) is 0 Å². The van der Waals surface area contributed by atoms with Gasteiger partial charge in [0.2, 0.25) is 5.82 Å². The Kier molecular flexibility index (Phi) is 5.96. The highest BCUT2D eigenvalue weighted by atomic mass is 32.1. The van der Waals surface area contributed by atoms with Crippen molar-refractivity contribution in [1.29, 1.82) is 0 Å². The molecule has 8 heteroatoms. The number of thiophene rings is 1. The van der Waals surface area contributed by atoms with E-state index in [0.29, 0.717) is 12.4 Å². The Labute approximate surface area is 190 Å². The molecule has 0 radical (unpaired) electrons. The number of morpholine rings is 1. The number of carbonyl (C=O) groups is 1. The average molecular weight is 446 g/mol. The van der Waals surface area contributed by atoms with Crippen LogP contribution in [0.1, 0.15) is 16.2 Å². The van der Waals surface area contributed by atoms with Crippen molar-refractivity contribution in [2.45, 2.75) is 6.54 Å². The van der Waals surface area contributed by atoms with Gasteiger partial charge in [0.25, 0.3) is 5.91 Å². The van der Waals surface area contributed by atoms with Crippen LogP contribution < -0.4 is 10.2 Å². The van der Waals surface area contributed by atoms with Gasteiger partial charge in [0.05, 0.1) is 23.8 Å². The zero-order valence-corrected chi connectivity index (χ0v) is 18.3. The molecule has 0 spiro atoms. The maximum atomic E-state index is 12.8. The van der Waals surface area contributed by atoms with Crippen molar-refractivity contribution in [3.63, 3.8) is 0 Å². The molecule has 1 amide bonds. The minimum absolute atomic E-state index is 0.155.